The molecule has 4 heterocycles. The number of aryl methyl sites for hydroxylation is 2. The first-order valence-corrected chi connectivity index (χ1v) is 20.2. The van der Waals surface area contributed by atoms with Crippen molar-refractivity contribution in [3.05, 3.63) is 151 Å². The van der Waals surface area contributed by atoms with Gasteiger partial charge in [0.2, 0.25) is 0 Å². The van der Waals surface area contributed by atoms with Crippen molar-refractivity contribution in [2.24, 2.45) is 40.9 Å². The molecule has 0 bridgehead atoms. The Morgan fingerprint density at radius 1 is 0.304 bits per heavy atom. The molecule has 0 atom stereocenters. The molecule has 19 N–H and O–H groups in total. The highest BCUT2D eigenvalue weighted by Gasteiger charge is 2.07. The lowest BCUT2D eigenvalue weighted by atomic mass is 10.2. The maximum atomic E-state index is 9.48. The molecular formula is C46H48N20O3. The van der Waals surface area contributed by atoms with Crippen molar-refractivity contribution in [1.29, 1.82) is 0 Å². The zero-order valence-corrected chi connectivity index (χ0v) is 37.1. The molecule has 350 valence electrons. The van der Waals surface area contributed by atoms with Crippen molar-refractivity contribution in [1.82, 2.24) is 19.9 Å². The van der Waals surface area contributed by atoms with Crippen LogP contribution in [-0.4, -0.2) is 35.3 Å². The Labute approximate surface area is 394 Å². The molecule has 0 unspecified atom stereocenters. The zero-order chi connectivity index (χ0) is 49.9. The lowest BCUT2D eigenvalue weighted by Gasteiger charge is -2.02. The molecule has 4 aromatic carbocycles. The smallest absolute Gasteiger partial charge is 0.168 e. The van der Waals surface area contributed by atoms with E-state index in [-0.39, 0.29) is 63.5 Å². The molecule has 0 amide bonds. The Hall–Kier alpha value is -10.3. The number of phenols is 1. The third-order valence-electron chi connectivity index (χ3n) is 8.72. The summed E-state index contributed by atoms with van der Waals surface area (Å²) >= 11 is 0. The van der Waals surface area contributed by atoms with Crippen LogP contribution < -0.4 is 45.9 Å². The van der Waals surface area contributed by atoms with Gasteiger partial charge in [0.25, 0.3) is 0 Å². The fourth-order valence-corrected chi connectivity index (χ4v) is 5.05. The molecule has 0 aliphatic carbocycles. The maximum Gasteiger partial charge on any atom is 0.168 e. The number of phenolic OH excluding ortho intramolecular Hbond substituents is 1. The highest BCUT2D eigenvalue weighted by atomic mass is 16.3. The summed E-state index contributed by atoms with van der Waals surface area (Å²) in [5, 5.41) is 59.9. The fraction of sp³-hybridized carbons (Fsp3) is 0.0435. The number of azo groups is 4. The molecular weight excluding hydrogens is 881 g/mol. The van der Waals surface area contributed by atoms with Crippen LogP contribution in [0.15, 0.2) is 180 Å². The Morgan fingerprint density at radius 3 is 1.07 bits per heavy atom. The van der Waals surface area contributed by atoms with Crippen molar-refractivity contribution in [2.75, 3.05) is 45.9 Å². The first-order valence-electron chi connectivity index (χ1n) is 20.2. The predicted molar refractivity (Wildman–Crippen MR) is 269 cm³/mol. The van der Waals surface area contributed by atoms with E-state index in [1.54, 1.807) is 54.6 Å². The standard InChI is InChI=1S/C12H13N5O.C12H13N5.2C11H11N5O/c1-7-2-4-8(5-3-7)16-17-9-6-10(18)12(14)15-11(9)13;1-8-2-4-9(5-3-8)16-17-10-6-7-11(13)15-12(10)14;12-10-6-5-8(11(13)14-10)16-15-7-3-1-2-4-9(7)17;12-10-8(6-9(17)11(13)14-10)16-15-7-4-2-1-3-5-7/h2-6,18H,1H3,(H4,13,14,15);2-7H,1H3,(H4,13,14,15);2*1-6,17H,(H4,12,13,14). The summed E-state index contributed by atoms with van der Waals surface area (Å²) in [5.74, 6) is 1.09. The third kappa shape index (κ3) is 15.7. The van der Waals surface area contributed by atoms with Crippen molar-refractivity contribution < 1.29 is 15.3 Å². The Bertz CT molecular complexity index is 3100. The first-order chi connectivity index (χ1) is 33.0. The van der Waals surface area contributed by atoms with E-state index in [9.17, 15) is 15.3 Å². The van der Waals surface area contributed by atoms with Crippen LogP contribution >= 0.6 is 0 Å². The fourth-order valence-electron chi connectivity index (χ4n) is 5.05. The second-order valence-electron chi connectivity index (χ2n) is 14.2. The summed E-state index contributed by atoms with van der Waals surface area (Å²) < 4.78 is 0. The van der Waals surface area contributed by atoms with Crippen LogP contribution in [0.4, 0.5) is 92.0 Å². The Morgan fingerprint density at radius 2 is 0.652 bits per heavy atom. The number of para-hydroxylation sites is 1. The number of anilines is 8. The SMILES string of the molecule is Cc1ccc(N=Nc2cc(O)c(N)nc2N)cc1.Cc1ccc(N=Nc2ccc(N)nc2N)cc1.Nc1ccc(N=Nc2ccccc2O)c(N)n1.Nc1nc(N)c(N=Nc2ccccc2)cc1O. The molecule has 23 heteroatoms. The second kappa shape index (κ2) is 24.1. The maximum absolute atomic E-state index is 9.48. The first kappa shape index (κ1) is 49.7. The lowest BCUT2D eigenvalue weighted by Crippen LogP contribution is -1.96. The average Bonchev–Trinajstić information content (AvgIpc) is 3.32. The van der Waals surface area contributed by atoms with Crippen LogP contribution in [0.3, 0.4) is 0 Å². The topological polar surface area (TPSA) is 419 Å². The van der Waals surface area contributed by atoms with Gasteiger partial charge in [0.15, 0.2) is 46.4 Å². The number of nitrogen functional groups attached to an aromatic ring is 8. The van der Waals surface area contributed by atoms with Gasteiger partial charge in [-0.15, -0.1) is 25.6 Å². The number of benzene rings is 4. The number of hydrogen-bond acceptors (Lipinski definition) is 23. The monoisotopic (exact) mass is 928 g/mol. The number of nitrogens with two attached hydrogens (primary N) is 8. The molecule has 4 aromatic heterocycles. The van der Waals surface area contributed by atoms with Gasteiger partial charge >= 0.3 is 0 Å². The number of nitrogens with zero attached hydrogens (tertiary/aromatic N) is 12. The number of aromatic hydroxyl groups is 3. The van der Waals surface area contributed by atoms with Gasteiger partial charge in [0, 0.05) is 12.1 Å². The molecule has 0 fully saturated rings. The van der Waals surface area contributed by atoms with E-state index in [1.165, 1.54) is 23.8 Å². The van der Waals surface area contributed by atoms with Gasteiger partial charge in [-0.05, 0) is 86.6 Å². The minimum atomic E-state index is -0.166. The van der Waals surface area contributed by atoms with Gasteiger partial charge in [-0.25, -0.2) is 19.9 Å². The van der Waals surface area contributed by atoms with Crippen molar-refractivity contribution >= 4 is 92.0 Å². The van der Waals surface area contributed by atoms with Crippen molar-refractivity contribution in [3.8, 4) is 17.2 Å². The van der Waals surface area contributed by atoms with Crippen LogP contribution in [0, 0.1) is 13.8 Å². The minimum Gasteiger partial charge on any atom is -0.506 e. The van der Waals surface area contributed by atoms with Gasteiger partial charge in [0.05, 0.1) is 17.1 Å². The molecule has 23 nitrogen and oxygen atoms in total. The van der Waals surface area contributed by atoms with Crippen LogP contribution in [0.1, 0.15) is 11.1 Å². The Kier molecular flexibility index (Phi) is 17.4. The minimum absolute atomic E-state index is 0.0261. The van der Waals surface area contributed by atoms with Crippen molar-refractivity contribution in [2.45, 2.75) is 13.8 Å². The molecule has 8 aromatic rings. The van der Waals surface area contributed by atoms with Crippen LogP contribution in [0.2, 0.25) is 0 Å². The molecule has 0 saturated carbocycles. The van der Waals surface area contributed by atoms with Gasteiger partial charge in [-0.2, -0.15) is 15.3 Å². The third-order valence-corrected chi connectivity index (χ3v) is 8.72. The van der Waals surface area contributed by atoms with Gasteiger partial charge in [0.1, 0.15) is 45.8 Å². The normalized spacial score (nSPS) is 10.9. The predicted octanol–water partition coefficient (Wildman–Crippen LogP) is 10.4. The number of hydrogen-bond donors (Lipinski definition) is 11. The Balaban J connectivity index is 0.000000172. The summed E-state index contributed by atoms with van der Waals surface area (Å²) in [6.45, 7) is 4.00. The number of aromatic nitrogens is 4. The van der Waals surface area contributed by atoms with Crippen LogP contribution in [0.25, 0.3) is 0 Å². The molecule has 0 saturated heterocycles. The van der Waals surface area contributed by atoms with Crippen molar-refractivity contribution in [3.63, 3.8) is 0 Å². The summed E-state index contributed by atoms with van der Waals surface area (Å²) in [6.07, 6.45) is 0. The number of rotatable bonds is 8. The summed E-state index contributed by atoms with van der Waals surface area (Å²) in [7, 11) is 0. The quantitative estimate of drug-likeness (QED) is 0.0631. The van der Waals surface area contributed by atoms with Gasteiger partial charge < -0.3 is 61.2 Å². The summed E-state index contributed by atoms with van der Waals surface area (Å²) in [5.41, 5.74) is 50.5. The molecule has 0 spiro atoms. The van der Waals surface area contributed by atoms with Crippen LogP contribution in [0.5, 0.6) is 17.2 Å². The van der Waals surface area contributed by atoms with E-state index >= 15 is 0 Å². The summed E-state index contributed by atoms with van der Waals surface area (Å²) in [6, 6.07) is 40.2. The highest BCUT2D eigenvalue weighted by molar-refractivity contribution is 5.67. The van der Waals surface area contributed by atoms with E-state index in [4.69, 9.17) is 45.9 Å². The van der Waals surface area contributed by atoms with Crippen LogP contribution in [-0.2, 0) is 0 Å². The molecule has 0 aliphatic heterocycles. The second-order valence-corrected chi connectivity index (χ2v) is 14.2. The van der Waals surface area contributed by atoms with E-state index in [0.717, 1.165) is 11.3 Å². The number of pyridine rings is 4. The molecule has 69 heavy (non-hydrogen) atoms. The average molecular weight is 929 g/mol. The lowest BCUT2D eigenvalue weighted by molar-refractivity contribution is 0.475. The van der Waals surface area contributed by atoms with E-state index in [2.05, 4.69) is 60.8 Å². The highest BCUT2D eigenvalue weighted by Crippen LogP contribution is 2.32. The van der Waals surface area contributed by atoms with E-state index < -0.39 is 0 Å². The zero-order valence-electron chi connectivity index (χ0n) is 37.1. The molecule has 8 rings (SSSR count). The van der Waals surface area contributed by atoms with E-state index in [1.807, 2.05) is 80.6 Å². The van der Waals surface area contributed by atoms with E-state index in [0.29, 0.717) is 40.1 Å². The van der Waals surface area contributed by atoms with Gasteiger partial charge in [-0.3, -0.25) is 0 Å². The molecule has 0 aliphatic rings. The van der Waals surface area contributed by atoms with Gasteiger partial charge in [-0.1, -0.05) is 65.7 Å². The summed E-state index contributed by atoms with van der Waals surface area (Å²) in [4.78, 5) is 15.2. The largest absolute Gasteiger partial charge is 0.506 e. The molecule has 0 radical (unpaired) electrons.